The molecular weight excluding hydrogens is 282 g/mol. The number of nitrogens with zero attached hydrogens (tertiary/aromatic N) is 1. The Morgan fingerprint density at radius 1 is 0.909 bits per heavy atom. The van der Waals surface area contributed by atoms with Crippen molar-refractivity contribution in [1.82, 2.24) is 4.57 Å². The van der Waals surface area contributed by atoms with E-state index in [0.29, 0.717) is 0 Å². The van der Waals surface area contributed by atoms with Gasteiger partial charge in [0.1, 0.15) is 0 Å². The summed E-state index contributed by atoms with van der Waals surface area (Å²) < 4.78 is 2.74. The van der Waals surface area contributed by atoms with Crippen molar-refractivity contribution in [2.24, 2.45) is 0 Å². The molecule has 0 amide bonds. The van der Waals surface area contributed by atoms with Crippen molar-refractivity contribution in [1.29, 1.82) is 0 Å². The van der Waals surface area contributed by atoms with Gasteiger partial charge in [0.15, 0.2) is 8.24 Å². The second kappa shape index (κ2) is 8.57. The molecule has 1 rings (SSSR count). The normalized spacial score (nSPS) is 12.8. The van der Waals surface area contributed by atoms with Crippen LogP contribution in [0.3, 0.4) is 0 Å². The Morgan fingerprint density at radius 3 is 1.82 bits per heavy atom. The highest BCUT2D eigenvalue weighted by atomic mass is 28.3. The summed E-state index contributed by atoms with van der Waals surface area (Å²) in [7, 11) is -1.63. The van der Waals surface area contributed by atoms with Gasteiger partial charge in [-0.3, -0.25) is 0 Å². The summed E-state index contributed by atoms with van der Waals surface area (Å²) in [6.45, 7) is 17.9. The molecule has 0 heterocycles. The zero-order valence-electron chi connectivity index (χ0n) is 15.6. The number of benzene rings is 1. The highest BCUT2D eigenvalue weighted by molar-refractivity contribution is 6.81. The molecule has 0 spiro atoms. The lowest BCUT2D eigenvalue weighted by Gasteiger charge is -2.51. The summed E-state index contributed by atoms with van der Waals surface area (Å²) in [5, 5.41) is 0. The second-order valence-corrected chi connectivity index (χ2v) is 13.1. The first-order chi connectivity index (χ1) is 10.4. The van der Waals surface area contributed by atoms with E-state index >= 15 is 0 Å². The maximum atomic E-state index is 2.74. The van der Waals surface area contributed by atoms with E-state index in [1.807, 2.05) is 0 Å². The molecule has 0 aromatic heterocycles. The van der Waals surface area contributed by atoms with E-state index in [-0.39, 0.29) is 0 Å². The minimum absolute atomic E-state index is 0.734. The number of rotatable bonds is 8. The van der Waals surface area contributed by atoms with Crippen molar-refractivity contribution in [2.45, 2.75) is 78.1 Å². The van der Waals surface area contributed by atoms with Gasteiger partial charge in [-0.2, -0.15) is 0 Å². The predicted octanol–water partition coefficient (Wildman–Crippen LogP) is 6.59. The van der Waals surface area contributed by atoms with Gasteiger partial charge in [0.05, 0.1) is 0 Å². The largest absolute Gasteiger partial charge is 0.399 e. The number of allylic oxidation sites excluding steroid dienone is 1. The topological polar surface area (TPSA) is 3.24 Å². The molecule has 1 aromatic carbocycles. The third-order valence-corrected chi connectivity index (χ3v) is 11.8. The van der Waals surface area contributed by atoms with Gasteiger partial charge in [0, 0.05) is 6.54 Å². The van der Waals surface area contributed by atoms with Crippen LogP contribution in [0.15, 0.2) is 42.6 Å². The third-order valence-electron chi connectivity index (χ3n) is 4.99. The first-order valence-corrected chi connectivity index (χ1v) is 11.0. The maximum absolute atomic E-state index is 2.74. The van der Waals surface area contributed by atoms with Crippen LogP contribution >= 0.6 is 0 Å². The minimum Gasteiger partial charge on any atom is -0.399 e. The van der Waals surface area contributed by atoms with Crippen molar-refractivity contribution in [2.75, 3.05) is 0 Å². The molecule has 0 unspecified atom stereocenters. The lowest BCUT2D eigenvalue weighted by Crippen LogP contribution is -2.57. The van der Waals surface area contributed by atoms with Crippen LogP contribution in [0.5, 0.6) is 0 Å². The average molecular weight is 318 g/mol. The van der Waals surface area contributed by atoms with Crippen molar-refractivity contribution < 1.29 is 0 Å². The summed E-state index contributed by atoms with van der Waals surface area (Å²) in [4.78, 5) is 0. The zero-order chi connectivity index (χ0) is 16.8. The fourth-order valence-electron chi connectivity index (χ4n) is 4.33. The van der Waals surface area contributed by atoms with Crippen molar-refractivity contribution in [3.63, 3.8) is 0 Å². The van der Waals surface area contributed by atoms with Gasteiger partial charge in [-0.25, -0.2) is 0 Å². The monoisotopic (exact) mass is 317 g/mol. The van der Waals surface area contributed by atoms with Gasteiger partial charge >= 0.3 is 0 Å². The van der Waals surface area contributed by atoms with Crippen LogP contribution in [0, 0.1) is 0 Å². The van der Waals surface area contributed by atoms with E-state index < -0.39 is 8.24 Å². The van der Waals surface area contributed by atoms with Crippen molar-refractivity contribution >= 4 is 8.24 Å². The van der Waals surface area contributed by atoms with Gasteiger partial charge in [-0.15, -0.1) is 0 Å². The van der Waals surface area contributed by atoms with Gasteiger partial charge in [0.2, 0.25) is 0 Å². The molecule has 2 heteroatoms. The molecule has 0 atom stereocenters. The van der Waals surface area contributed by atoms with E-state index in [0.717, 1.165) is 29.6 Å². The zero-order valence-corrected chi connectivity index (χ0v) is 16.6. The minimum atomic E-state index is -1.63. The van der Waals surface area contributed by atoms with Crippen LogP contribution in [0.25, 0.3) is 0 Å². The molecule has 0 N–H and O–H groups in total. The number of hydrogen-bond donors (Lipinski definition) is 0. The highest BCUT2D eigenvalue weighted by Gasteiger charge is 2.47. The molecule has 0 radical (unpaired) electrons. The van der Waals surface area contributed by atoms with Crippen LogP contribution in [0.1, 0.15) is 60.5 Å². The van der Waals surface area contributed by atoms with Crippen LogP contribution in [-0.2, 0) is 6.54 Å². The summed E-state index contributed by atoms with van der Waals surface area (Å²) in [6.07, 6.45) is 5.83. The molecule has 0 aliphatic rings. The third kappa shape index (κ3) is 4.04. The Labute approximate surface area is 139 Å². The maximum Gasteiger partial charge on any atom is 0.163 e. The predicted molar refractivity (Wildman–Crippen MR) is 102 cm³/mol. The Morgan fingerprint density at radius 2 is 1.41 bits per heavy atom. The number of hydrogen-bond acceptors (Lipinski definition) is 1. The van der Waals surface area contributed by atoms with Gasteiger partial charge < -0.3 is 4.57 Å². The van der Waals surface area contributed by atoms with Crippen molar-refractivity contribution in [3.8, 4) is 0 Å². The lowest BCUT2D eigenvalue weighted by molar-refractivity contribution is 0.495. The van der Waals surface area contributed by atoms with Crippen LogP contribution in [-0.4, -0.2) is 12.8 Å². The Hall–Kier alpha value is -1.02. The summed E-state index contributed by atoms with van der Waals surface area (Å²) in [5.41, 5.74) is 3.62. The van der Waals surface area contributed by atoms with Crippen molar-refractivity contribution in [3.05, 3.63) is 48.2 Å². The van der Waals surface area contributed by atoms with Crippen LogP contribution in [0.2, 0.25) is 16.6 Å². The molecular formula is C20H35NSi. The Bertz CT molecular complexity index is 426. The quantitative estimate of drug-likeness (QED) is 0.489. The Kier molecular flexibility index (Phi) is 7.41. The highest BCUT2D eigenvalue weighted by Crippen LogP contribution is 2.44. The van der Waals surface area contributed by atoms with Gasteiger partial charge in [-0.1, -0.05) is 84.9 Å². The van der Waals surface area contributed by atoms with Crippen LogP contribution in [0.4, 0.5) is 0 Å². The fraction of sp³-hybridized carbons (Fsp3) is 0.600. The van der Waals surface area contributed by atoms with Gasteiger partial charge in [-0.05, 0) is 34.8 Å². The SMILES string of the molecule is CCC=CN(Cc1ccccc1)[Si](C(C)C)(C(C)C)C(C)C. The summed E-state index contributed by atoms with van der Waals surface area (Å²) >= 11 is 0. The standard InChI is InChI=1S/C20H35NSi/c1-8-9-15-21(16-20-13-11-10-12-14-20)22(17(2)3,18(4)5)19(6)7/h9-15,17-19H,8,16H2,1-7H3. The molecule has 0 saturated carbocycles. The average Bonchev–Trinajstić information content (AvgIpc) is 2.45. The van der Waals surface area contributed by atoms with E-state index in [1.54, 1.807) is 0 Å². The molecule has 1 nitrogen and oxygen atoms in total. The first-order valence-electron chi connectivity index (χ1n) is 8.84. The van der Waals surface area contributed by atoms with E-state index in [1.165, 1.54) is 5.56 Å². The lowest BCUT2D eigenvalue weighted by atomic mass is 10.2. The van der Waals surface area contributed by atoms with Gasteiger partial charge in [0.25, 0.3) is 0 Å². The Balaban J connectivity index is 3.28. The molecule has 0 saturated heterocycles. The first kappa shape index (κ1) is 19.0. The summed E-state index contributed by atoms with van der Waals surface area (Å²) in [5.74, 6) is 0. The molecule has 1 aromatic rings. The molecule has 0 aliphatic carbocycles. The second-order valence-electron chi connectivity index (χ2n) is 7.26. The molecule has 0 fully saturated rings. The fourth-order valence-corrected chi connectivity index (χ4v) is 11.1. The van der Waals surface area contributed by atoms with E-state index in [2.05, 4.69) is 95.6 Å². The van der Waals surface area contributed by atoms with E-state index in [9.17, 15) is 0 Å². The molecule has 124 valence electrons. The molecule has 22 heavy (non-hydrogen) atoms. The summed E-state index contributed by atoms with van der Waals surface area (Å²) in [6, 6.07) is 10.9. The smallest absolute Gasteiger partial charge is 0.163 e. The van der Waals surface area contributed by atoms with Crippen LogP contribution < -0.4 is 0 Å². The van der Waals surface area contributed by atoms with E-state index in [4.69, 9.17) is 0 Å². The molecule has 0 aliphatic heterocycles. The molecule has 0 bridgehead atoms.